The van der Waals surface area contributed by atoms with Crippen molar-refractivity contribution in [3.8, 4) is 0 Å². The monoisotopic (exact) mass is 350 g/mol. The molecule has 0 bridgehead atoms. The molecule has 122 valence electrons. The summed E-state index contributed by atoms with van der Waals surface area (Å²) in [5, 5.41) is 2.59. The molecule has 0 spiro atoms. The molecule has 1 amide bonds. The van der Waals surface area contributed by atoms with Gasteiger partial charge >= 0.3 is 5.69 Å². The third-order valence-corrected chi connectivity index (χ3v) is 5.37. The number of thioether (sulfide) groups is 1. The van der Waals surface area contributed by atoms with Gasteiger partial charge in [-0.1, -0.05) is 24.0 Å². The Labute approximate surface area is 143 Å². The molecular formula is C15H18N4O2S2. The van der Waals surface area contributed by atoms with Crippen LogP contribution in [0.4, 0.5) is 5.69 Å². The minimum atomic E-state index is -0.274. The van der Waals surface area contributed by atoms with Gasteiger partial charge in [-0.05, 0) is 38.0 Å². The van der Waals surface area contributed by atoms with Crippen molar-refractivity contribution in [2.24, 2.45) is 0 Å². The summed E-state index contributed by atoms with van der Waals surface area (Å²) in [6.45, 7) is 3.81. The largest absolute Gasteiger partial charge is 0.358 e. The quantitative estimate of drug-likeness (QED) is 0.740. The molecular weight excluding hydrogens is 332 g/mol. The summed E-state index contributed by atoms with van der Waals surface area (Å²) in [6.07, 6.45) is 2.33. The molecule has 1 aromatic heterocycles. The number of likely N-dealkylation sites (tertiary alicyclic amines) is 1. The lowest BCUT2D eigenvalue weighted by atomic mass is 10.2. The Morgan fingerprint density at radius 1 is 1.30 bits per heavy atom. The van der Waals surface area contributed by atoms with E-state index in [0.29, 0.717) is 16.7 Å². The Balaban J connectivity index is 1.62. The number of aromatic amines is 2. The summed E-state index contributed by atoms with van der Waals surface area (Å²) in [5.41, 5.74) is 1.77. The molecule has 6 nitrogen and oxygen atoms in total. The molecule has 0 aliphatic carbocycles. The Hall–Kier alpha value is -1.80. The first-order valence-electron chi connectivity index (χ1n) is 7.51. The molecule has 0 radical (unpaired) electrons. The normalized spacial score (nSPS) is 15.8. The van der Waals surface area contributed by atoms with Crippen molar-refractivity contribution in [2.45, 2.75) is 25.0 Å². The lowest BCUT2D eigenvalue weighted by Gasteiger charge is -2.20. The minimum absolute atomic E-state index is 0.103. The van der Waals surface area contributed by atoms with E-state index in [2.05, 4.69) is 20.2 Å². The van der Waals surface area contributed by atoms with E-state index in [1.54, 1.807) is 18.2 Å². The summed E-state index contributed by atoms with van der Waals surface area (Å²) in [6, 6.07) is 5.26. The van der Waals surface area contributed by atoms with Gasteiger partial charge in [0.25, 0.3) is 0 Å². The van der Waals surface area contributed by atoms with Crippen LogP contribution in [0.3, 0.4) is 0 Å². The number of nitrogens with one attached hydrogen (secondary N) is 3. The fourth-order valence-electron chi connectivity index (χ4n) is 2.53. The van der Waals surface area contributed by atoms with E-state index >= 15 is 0 Å². The van der Waals surface area contributed by atoms with Gasteiger partial charge in [-0.25, -0.2) is 4.79 Å². The van der Waals surface area contributed by atoms with E-state index < -0.39 is 0 Å². The topological polar surface area (TPSA) is 81.0 Å². The Bertz CT molecular complexity index is 792. The van der Waals surface area contributed by atoms with E-state index in [4.69, 9.17) is 12.2 Å². The first-order chi connectivity index (χ1) is 11.0. The third kappa shape index (κ3) is 3.76. The van der Waals surface area contributed by atoms with Crippen LogP contribution in [0.5, 0.6) is 0 Å². The van der Waals surface area contributed by atoms with Gasteiger partial charge in [-0.3, -0.25) is 4.79 Å². The van der Waals surface area contributed by atoms with Crippen molar-refractivity contribution in [2.75, 3.05) is 18.4 Å². The summed E-state index contributed by atoms with van der Waals surface area (Å²) in [7, 11) is 0. The van der Waals surface area contributed by atoms with E-state index in [0.717, 1.165) is 30.3 Å². The summed E-state index contributed by atoms with van der Waals surface area (Å²) < 4.78 is 0.788. The van der Waals surface area contributed by atoms with Crippen LogP contribution in [-0.2, 0) is 4.79 Å². The maximum atomic E-state index is 12.3. The highest BCUT2D eigenvalue weighted by Gasteiger charge is 2.21. The van der Waals surface area contributed by atoms with E-state index in [1.807, 2.05) is 6.92 Å². The number of imidazole rings is 1. The second-order valence-electron chi connectivity index (χ2n) is 5.55. The van der Waals surface area contributed by atoms with Crippen molar-refractivity contribution in [1.82, 2.24) is 14.9 Å². The average Bonchev–Trinajstić information content (AvgIpc) is 3.14. The minimum Gasteiger partial charge on any atom is -0.358 e. The fraction of sp³-hybridized carbons (Fsp3) is 0.400. The zero-order chi connectivity index (χ0) is 16.4. The van der Waals surface area contributed by atoms with Crippen LogP contribution in [0, 0.1) is 0 Å². The number of rotatable bonds is 3. The molecule has 1 fully saturated rings. The highest BCUT2D eigenvalue weighted by molar-refractivity contribution is 8.23. The maximum Gasteiger partial charge on any atom is 0.323 e. The number of carbonyl (C=O) groups excluding carboxylic acids is 1. The second kappa shape index (κ2) is 6.76. The second-order valence-corrected chi connectivity index (χ2v) is 7.52. The number of nitrogens with zero attached hydrogens (tertiary/aromatic N) is 1. The van der Waals surface area contributed by atoms with Gasteiger partial charge in [0.15, 0.2) is 0 Å². The standard InChI is InChI=1S/C15H18N4O2S2/c1-9(23-15(22)19-6-2-3-7-19)13(20)16-10-4-5-11-12(8-10)18-14(21)17-11/h4-5,8-9H,2-3,6-7H2,1H3,(H,16,20)(H2,17,18,21)/t9-/m0/s1. The molecule has 2 heterocycles. The highest BCUT2D eigenvalue weighted by atomic mass is 32.2. The number of H-pyrrole nitrogens is 2. The molecule has 1 aliphatic heterocycles. The molecule has 3 rings (SSSR count). The lowest BCUT2D eigenvalue weighted by molar-refractivity contribution is -0.115. The van der Waals surface area contributed by atoms with Crippen molar-refractivity contribution >= 4 is 50.9 Å². The molecule has 1 saturated heterocycles. The molecule has 1 atom stereocenters. The summed E-state index contributed by atoms with van der Waals surface area (Å²) >= 11 is 6.82. The first-order valence-corrected chi connectivity index (χ1v) is 8.80. The Morgan fingerprint density at radius 2 is 2.00 bits per heavy atom. The van der Waals surface area contributed by atoms with Crippen LogP contribution < -0.4 is 11.0 Å². The third-order valence-electron chi connectivity index (χ3n) is 3.79. The van der Waals surface area contributed by atoms with Gasteiger partial charge in [0, 0.05) is 18.8 Å². The number of fused-ring (bicyclic) bond motifs is 1. The molecule has 2 aromatic rings. The number of amides is 1. The van der Waals surface area contributed by atoms with Gasteiger partial charge < -0.3 is 20.2 Å². The lowest BCUT2D eigenvalue weighted by Crippen LogP contribution is -2.29. The predicted octanol–water partition coefficient (Wildman–Crippen LogP) is 2.30. The van der Waals surface area contributed by atoms with Crippen LogP contribution in [0.1, 0.15) is 19.8 Å². The number of benzene rings is 1. The van der Waals surface area contributed by atoms with Crippen molar-refractivity contribution in [3.05, 3.63) is 28.7 Å². The molecule has 0 saturated carbocycles. The molecule has 1 aliphatic rings. The van der Waals surface area contributed by atoms with Crippen molar-refractivity contribution in [3.63, 3.8) is 0 Å². The van der Waals surface area contributed by atoms with Gasteiger partial charge in [-0.15, -0.1) is 0 Å². The van der Waals surface area contributed by atoms with Gasteiger partial charge in [0.2, 0.25) is 5.91 Å². The molecule has 3 N–H and O–H groups in total. The van der Waals surface area contributed by atoms with Crippen LogP contribution in [0.15, 0.2) is 23.0 Å². The van der Waals surface area contributed by atoms with Gasteiger partial charge in [0.1, 0.15) is 4.32 Å². The predicted molar refractivity (Wildman–Crippen MR) is 98.0 cm³/mol. The van der Waals surface area contributed by atoms with Gasteiger partial charge in [0.05, 0.1) is 16.3 Å². The fourth-order valence-corrected chi connectivity index (χ4v) is 3.95. The zero-order valence-corrected chi connectivity index (χ0v) is 14.4. The van der Waals surface area contributed by atoms with Crippen LogP contribution in [-0.4, -0.2) is 43.4 Å². The van der Waals surface area contributed by atoms with Crippen LogP contribution in [0.2, 0.25) is 0 Å². The van der Waals surface area contributed by atoms with Crippen LogP contribution >= 0.6 is 24.0 Å². The number of aromatic nitrogens is 2. The Morgan fingerprint density at radius 3 is 2.74 bits per heavy atom. The molecule has 1 aromatic carbocycles. The zero-order valence-electron chi connectivity index (χ0n) is 12.7. The average molecular weight is 350 g/mol. The number of carbonyl (C=O) groups is 1. The molecule has 23 heavy (non-hydrogen) atoms. The Kier molecular flexibility index (Phi) is 4.72. The first kappa shape index (κ1) is 16.1. The molecule has 0 unspecified atom stereocenters. The number of hydrogen-bond acceptors (Lipinski definition) is 4. The highest BCUT2D eigenvalue weighted by Crippen LogP contribution is 2.22. The van der Waals surface area contributed by atoms with E-state index in [-0.39, 0.29) is 16.8 Å². The smallest absolute Gasteiger partial charge is 0.323 e. The van der Waals surface area contributed by atoms with E-state index in [1.165, 1.54) is 11.8 Å². The summed E-state index contributed by atoms with van der Waals surface area (Å²) in [4.78, 5) is 31.1. The van der Waals surface area contributed by atoms with Gasteiger partial charge in [-0.2, -0.15) is 0 Å². The number of hydrogen-bond donors (Lipinski definition) is 3. The van der Waals surface area contributed by atoms with Crippen molar-refractivity contribution < 1.29 is 4.79 Å². The van der Waals surface area contributed by atoms with E-state index in [9.17, 15) is 9.59 Å². The maximum absolute atomic E-state index is 12.3. The van der Waals surface area contributed by atoms with Crippen molar-refractivity contribution in [1.29, 1.82) is 0 Å². The number of thiocarbonyl (C=S) groups is 1. The summed E-state index contributed by atoms with van der Waals surface area (Å²) in [5.74, 6) is -0.103. The SMILES string of the molecule is C[C@H](SC(=S)N1CCCC1)C(=O)Nc1ccc2[nH]c(=O)[nH]c2c1. The number of anilines is 1. The molecule has 8 heteroatoms. The van der Waals surface area contributed by atoms with Crippen LogP contribution in [0.25, 0.3) is 11.0 Å².